The van der Waals surface area contributed by atoms with Gasteiger partial charge in [-0.2, -0.15) is 0 Å². The minimum absolute atomic E-state index is 0.246. The molecule has 0 atom stereocenters. The number of nitrogens with two attached hydrogens (primary N) is 1. The zero-order valence-electron chi connectivity index (χ0n) is 8.00. The van der Waals surface area contributed by atoms with Crippen LogP contribution in [0.1, 0.15) is 11.3 Å². The van der Waals surface area contributed by atoms with Crippen LogP contribution in [-0.4, -0.2) is 24.4 Å². The molecule has 0 saturated carbocycles. The predicted octanol–water partition coefficient (Wildman–Crippen LogP) is 1.82. The molecule has 1 aromatic rings. The van der Waals surface area contributed by atoms with Crippen LogP contribution >= 0.6 is 27.3 Å². The van der Waals surface area contributed by atoms with Crippen molar-refractivity contribution in [2.24, 2.45) is 5.73 Å². The summed E-state index contributed by atoms with van der Waals surface area (Å²) in [5.74, 6) is -0.246. The number of hydrogen-bond acceptors (Lipinski definition) is 3. The van der Waals surface area contributed by atoms with Gasteiger partial charge in [0.25, 0.3) is 0 Å². The first kappa shape index (κ1) is 11.7. The molecule has 0 aliphatic rings. The lowest BCUT2D eigenvalue weighted by molar-refractivity contribution is -0.118. The molecule has 0 bridgehead atoms. The van der Waals surface area contributed by atoms with Crippen molar-refractivity contribution in [3.05, 3.63) is 20.8 Å². The van der Waals surface area contributed by atoms with E-state index in [0.717, 1.165) is 11.0 Å². The monoisotopic (exact) mass is 276 g/mol. The summed E-state index contributed by atoms with van der Waals surface area (Å²) in [6.07, 6.45) is 0.420. The van der Waals surface area contributed by atoms with E-state index in [1.54, 1.807) is 11.3 Å². The van der Waals surface area contributed by atoms with Crippen LogP contribution in [-0.2, 0) is 11.3 Å². The molecule has 1 aromatic heterocycles. The number of amides is 1. The molecule has 2 N–H and O–H groups in total. The quantitative estimate of drug-likeness (QED) is 0.892. The topological polar surface area (TPSA) is 46.3 Å². The van der Waals surface area contributed by atoms with Gasteiger partial charge in [0.05, 0.1) is 0 Å². The Balaban J connectivity index is 2.33. The number of hydrogen-bond donors (Lipinski definition) is 1. The molecule has 0 spiro atoms. The maximum atomic E-state index is 10.6. The highest BCUT2D eigenvalue weighted by Crippen LogP contribution is 2.20. The van der Waals surface area contributed by atoms with E-state index in [2.05, 4.69) is 32.3 Å². The maximum Gasteiger partial charge on any atom is 0.218 e. The predicted molar refractivity (Wildman–Crippen MR) is 62.2 cm³/mol. The summed E-state index contributed by atoms with van der Waals surface area (Å²) in [5.41, 5.74) is 5.07. The standard InChI is InChI=1S/C9H13BrN2OS/c1-12(3-2-9(11)13)5-8-4-7(10)6-14-8/h4,6H,2-3,5H2,1H3,(H2,11,13). The Kier molecular flexibility index (Phi) is 4.57. The third-order valence-electron chi connectivity index (χ3n) is 1.79. The summed E-state index contributed by atoms with van der Waals surface area (Å²) < 4.78 is 1.11. The van der Waals surface area contributed by atoms with Crippen molar-refractivity contribution in [3.8, 4) is 0 Å². The number of nitrogens with zero attached hydrogens (tertiary/aromatic N) is 1. The fourth-order valence-electron chi connectivity index (χ4n) is 1.08. The van der Waals surface area contributed by atoms with E-state index in [1.807, 2.05) is 7.05 Å². The average molecular weight is 277 g/mol. The fraction of sp³-hybridized carbons (Fsp3) is 0.444. The summed E-state index contributed by atoms with van der Waals surface area (Å²) in [5, 5.41) is 2.05. The lowest BCUT2D eigenvalue weighted by Gasteiger charge is -2.13. The first-order chi connectivity index (χ1) is 6.58. The van der Waals surface area contributed by atoms with E-state index in [9.17, 15) is 4.79 Å². The average Bonchev–Trinajstić information content (AvgIpc) is 2.48. The van der Waals surface area contributed by atoms with Crippen LogP contribution in [0.2, 0.25) is 0 Å². The van der Waals surface area contributed by atoms with Crippen molar-refractivity contribution in [2.75, 3.05) is 13.6 Å². The van der Waals surface area contributed by atoms with Gasteiger partial charge in [-0.1, -0.05) is 0 Å². The van der Waals surface area contributed by atoms with E-state index in [-0.39, 0.29) is 5.91 Å². The van der Waals surface area contributed by atoms with E-state index in [4.69, 9.17) is 5.73 Å². The molecule has 14 heavy (non-hydrogen) atoms. The third kappa shape index (κ3) is 4.21. The fourth-order valence-corrected chi connectivity index (χ4v) is 2.61. The normalized spacial score (nSPS) is 10.8. The SMILES string of the molecule is CN(CCC(N)=O)Cc1cc(Br)cs1. The minimum atomic E-state index is -0.246. The van der Waals surface area contributed by atoms with E-state index in [0.29, 0.717) is 13.0 Å². The molecule has 0 fully saturated rings. The van der Waals surface area contributed by atoms with Gasteiger partial charge in [0.2, 0.25) is 5.91 Å². The number of thiophene rings is 1. The summed E-state index contributed by atoms with van der Waals surface area (Å²) in [7, 11) is 1.98. The molecule has 5 heteroatoms. The minimum Gasteiger partial charge on any atom is -0.370 e. The van der Waals surface area contributed by atoms with Crippen molar-refractivity contribution in [1.82, 2.24) is 4.90 Å². The molecule has 3 nitrogen and oxygen atoms in total. The summed E-state index contributed by atoms with van der Waals surface area (Å²) in [6, 6.07) is 2.09. The lowest BCUT2D eigenvalue weighted by atomic mass is 10.3. The van der Waals surface area contributed by atoms with E-state index < -0.39 is 0 Å². The van der Waals surface area contributed by atoms with Crippen molar-refractivity contribution < 1.29 is 4.79 Å². The van der Waals surface area contributed by atoms with Crippen molar-refractivity contribution >= 4 is 33.2 Å². The van der Waals surface area contributed by atoms with Crippen LogP contribution < -0.4 is 5.73 Å². The van der Waals surface area contributed by atoms with Gasteiger partial charge in [0, 0.05) is 34.2 Å². The Labute approximate surface area is 96.0 Å². The second kappa shape index (κ2) is 5.48. The summed E-state index contributed by atoms with van der Waals surface area (Å²) >= 11 is 5.11. The van der Waals surface area contributed by atoms with Crippen LogP contribution in [0.5, 0.6) is 0 Å². The zero-order chi connectivity index (χ0) is 10.6. The van der Waals surface area contributed by atoms with E-state index in [1.165, 1.54) is 4.88 Å². The Morgan fingerprint density at radius 3 is 2.93 bits per heavy atom. The molecular weight excluding hydrogens is 264 g/mol. The number of carbonyl (C=O) groups is 1. The number of rotatable bonds is 5. The number of carbonyl (C=O) groups excluding carboxylic acids is 1. The Bertz CT molecular complexity index is 314. The van der Waals surface area contributed by atoms with Crippen LogP contribution in [0.3, 0.4) is 0 Å². The molecule has 0 aliphatic carbocycles. The van der Waals surface area contributed by atoms with Gasteiger partial charge in [0.15, 0.2) is 0 Å². The highest BCUT2D eigenvalue weighted by atomic mass is 79.9. The molecule has 0 saturated heterocycles. The molecule has 0 aromatic carbocycles. The Morgan fingerprint density at radius 1 is 1.71 bits per heavy atom. The van der Waals surface area contributed by atoms with Crippen molar-refractivity contribution in [1.29, 1.82) is 0 Å². The van der Waals surface area contributed by atoms with Crippen LogP contribution in [0.25, 0.3) is 0 Å². The van der Waals surface area contributed by atoms with Gasteiger partial charge in [-0.3, -0.25) is 4.79 Å². The molecule has 0 aliphatic heterocycles. The van der Waals surface area contributed by atoms with Gasteiger partial charge in [-0.05, 0) is 29.0 Å². The van der Waals surface area contributed by atoms with Crippen molar-refractivity contribution in [2.45, 2.75) is 13.0 Å². The maximum absolute atomic E-state index is 10.6. The lowest BCUT2D eigenvalue weighted by Crippen LogP contribution is -2.23. The van der Waals surface area contributed by atoms with E-state index >= 15 is 0 Å². The third-order valence-corrected chi connectivity index (χ3v) is 3.47. The first-order valence-corrected chi connectivity index (χ1v) is 5.95. The van der Waals surface area contributed by atoms with Crippen LogP contribution in [0.15, 0.2) is 15.9 Å². The smallest absolute Gasteiger partial charge is 0.218 e. The molecule has 0 radical (unpaired) electrons. The van der Waals surface area contributed by atoms with Crippen LogP contribution in [0.4, 0.5) is 0 Å². The zero-order valence-corrected chi connectivity index (χ0v) is 10.4. The summed E-state index contributed by atoms with van der Waals surface area (Å²) in [6.45, 7) is 1.58. The molecule has 78 valence electrons. The largest absolute Gasteiger partial charge is 0.370 e. The van der Waals surface area contributed by atoms with Gasteiger partial charge in [0.1, 0.15) is 0 Å². The van der Waals surface area contributed by atoms with Gasteiger partial charge in [-0.25, -0.2) is 0 Å². The van der Waals surface area contributed by atoms with Crippen molar-refractivity contribution in [3.63, 3.8) is 0 Å². The second-order valence-corrected chi connectivity index (χ2v) is 5.10. The molecule has 1 heterocycles. The molecular formula is C9H13BrN2OS. The Morgan fingerprint density at radius 2 is 2.43 bits per heavy atom. The number of halogens is 1. The summed E-state index contributed by atoms with van der Waals surface area (Å²) in [4.78, 5) is 13.9. The van der Waals surface area contributed by atoms with Gasteiger partial charge < -0.3 is 10.6 Å². The second-order valence-electron chi connectivity index (χ2n) is 3.19. The number of primary amides is 1. The first-order valence-electron chi connectivity index (χ1n) is 4.27. The van der Waals surface area contributed by atoms with Crippen LogP contribution in [0, 0.1) is 0 Å². The molecule has 1 amide bonds. The highest BCUT2D eigenvalue weighted by Gasteiger charge is 2.04. The molecule has 1 rings (SSSR count). The Hall–Kier alpha value is -0.390. The highest BCUT2D eigenvalue weighted by molar-refractivity contribution is 9.10. The molecule has 0 unspecified atom stereocenters. The van der Waals surface area contributed by atoms with Gasteiger partial charge in [-0.15, -0.1) is 11.3 Å². The van der Waals surface area contributed by atoms with Gasteiger partial charge >= 0.3 is 0 Å².